The maximum atomic E-state index is 2.71. The van der Waals surface area contributed by atoms with Crippen molar-refractivity contribution in [3.05, 3.63) is 9.56 Å². The molecule has 0 aliphatic heterocycles. The summed E-state index contributed by atoms with van der Waals surface area (Å²) in [5.74, 6) is 2.25. The average molecular weight is 329 g/mol. The molecule has 0 aliphatic rings. The van der Waals surface area contributed by atoms with Crippen molar-refractivity contribution in [3.63, 3.8) is 0 Å². The van der Waals surface area contributed by atoms with Crippen LogP contribution in [-0.4, -0.2) is 25.1 Å². The Hall–Kier alpha value is 0.604. The standard InChI is InChI=1S/C11H22B.3CH3.Sn/c1-8(2)11(7)12(9(3)4)10(5)6;;;;/h7-10H,1-6H3;3*1H3;. The van der Waals surface area contributed by atoms with Gasteiger partial charge in [-0.1, -0.05) is 0 Å². The molecule has 0 amide bonds. The van der Waals surface area contributed by atoms with Crippen LogP contribution in [0.4, 0.5) is 0 Å². The van der Waals surface area contributed by atoms with Crippen LogP contribution in [0.1, 0.15) is 41.5 Å². The zero-order valence-corrected chi connectivity index (χ0v) is 15.7. The van der Waals surface area contributed by atoms with Gasteiger partial charge in [0.15, 0.2) is 0 Å². The second kappa shape index (κ2) is 6.51. The first-order chi connectivity index (χ1) is 7.06. The first kappa shape index (κ1) is 16.6. The molecule has 0 atom stereocenters. The average Bonchev–Trinajstić information content (AvgIpc) is 1.98. The molecule has 0 rings (SSSR count). The van der Waals surface area contributed by atoms with Crippen molar-refractivity contribution in [3.8, 4) is 0 Å². The predicted molar refractivity (Wildman–Crippen MR) is 82.2 cm³/mol. The number of rotatable bonds is 5. The Balaban J connectivity index is 5.25. The quantitative estimate of drug-likeness (QED) is 0.601. The van der Waals surface area contributed by atoms with Crippen molar-refractivity contribution in [2.45, 2.75) is 68.0 Å². The van der Waals surface area contributed by atoms with E-state index < -0.39 is 18.4 Å². The van der Waals surface area contributed by atoms with E-state index in [9.17, 15) is 0 Å². The molecule has 0 nitrogen and oxygen atoms in total. The molecule has 0 saturated heterocycles. The van der Waals surface area contributed by atoms with E-state index in [1.165, 1.54) is 0 Å². The van der Waals surface area contributed by atoms with Gasteiger partial charge in [-0.15, -0.1) is 0 Å². The van der Waals surface area contributed by atoms with E-state index in [4.69, 9.17) is 0 Å². The third kappa shape index (κ3) is 5.79. The molecule has 0 unspecified atom stereocenters. The van der Waals surface area contributed by atoms with Crippen molar-refractivity contribution < 1.29 is 0 Å². The molecule has 0 aliphatic carbocycles. The molecule has 0 spiro atoms. The summed E-state index contributed by atoms with van der Waals surface area (Å²) < 4.78 is 2.71. The third-order valence-electron chi connectivity index (χ3n) is 3.09. The van der Waals surface area contributed by atoms with Crippen LogP contribution in [-0.2, 0) is 0 Å². The van der Waals surface area contributed by atoms with Crippen molar-refractivity contribution in [2.75, 3.05) is 0 Å². The fourth-order valence-corrected chi connectivity index (χ4v) is 7.04. The Morgan fingerprint density at radius 1 is 0.875 bits per heavy atom. The van der Waals surface area contributed by atoms with Crippen molar-refractivity contribution in [2.24, 2.45) is 5.92 Å². The molecule has 0 radical (unpaired) electrons. The molecule has 0 fully saturated rings. The molecule has 2 heteroatoms. The molecule has 0 heterocycles. The molecule has 0 aromatic heterocycles. The summed E-state index contributed by atoms with van der Waals surface area (Å²) in [5.41, 5.74) is 1.74. The minimum atomic E-state index is -1.81. The summed E-state index contributed by atoms with van der Waals surface area (Å²) in [6.07, 6.45) is 0. The molecule has 0 aromatic rings. The Bertz CT molecular complexity index is 226. The van der Waals surface area contributed by atoms with Gasteiger partial charge in [-0.2, -0.15) is 0 Å². The molecule has 0 saturated carbocycles. The van der Waals surface area contributed by atoms with E-state index in [1.807, 2.05) is 0 Å². The predicted octanol–water partition coefficient (Wildman–Crippen LogP) is 5.30. The van der Waals surface area contributed by atoms with Gasteiger partial charge in [0.25, 0.3) is 0 Å². The summed E-state index contributed by atoms with van der Waals surface area (Å²) in [6.45, 7) is 15.0. The number of hydrogen-bond donors (Lipinski definition) is 0. The van der Waals surface area contributed by atoms with Crippen LogP contribution >= 0.6 is 0 Å². The van der Waals surface area contributed by atoms with E-state index in [0.29, 0.717) is 5.92 Å². The van der Waals surface area contributed by atoms with Gasteiger partial charge in [-0.05, 0) is 0 Å². The van der Waals surface area contributed by atoms with Crippen LogP contribution in [0.2, 0.25) is 26.5 Å². The van der Waals surface area contributed by atoms with Gasteiger partial charge in [-0.3, -0.25) is 0 Å². The normalized spacial score (nSPS) is 14.1. The maximum absolute atomic E-state index is 2.71. The minimum absolute atomic E-state index is 0.714. The Kier molecular flexibility index (Phi) is 6.76. The molecule has 0 bridgehead atoms. The van der Waals surface area contributed by atoms with Crippen LogP contribution in [0.5, 0.6) is 0 Å². The van der Waals surface area contributed by atoms with E-state index >= 15 is 0 Å². The summed E-state index contributed by atoms with van der Waals surface area (Å²) in [7, 11) is 0. The molecular weight excluding hydrogens is 298 g/mol. The second-order valence-electron chi connectivity index (χ2n) is 7.18. The fourth-order valence-electron chi connectivity index (χ4n) is 2.69. The second-order valence-corrected chi connectivity index (χ2v) is 21.5. The van der Waals surface area contributed by atoms with Crippen molar-refractivity contribution >= 4 is 25.1 Å². The summed E-state index contributed by atoms with van der Waals surface area (Å²) >= 11 is -1.81. The fraction of sp³-hybridized carbons (Fsp3) is 0.857. The van der Waals surface area contributed by atoms with E-state index in [-0.39, 0.29) is 0 Å². The van der Waals surface area contributed by atoms with Gasteiger partial charge in [0, 0.05) is 0 Å². The van der Waals surface area contributed by atoms with E-state index in [0.717, 1.165) is 18.3 Å². The van der Waals surface area contributed by atoms with Crippen LogP contribution in [0.25, 0.3) is 0 Å². The SMILES string of the molecule is CC(C)B(/C(=[CH]\[Sn]([CH3])([CH3])[CH3])C(C)C)C(C)C. The Labute approximate surface area is 108 Å². The summed E-state index contributed by atoms with van der Waals surface area (Å²) in [4.78, 5) is 7.53. The van der Waals surface area contributed by atoms with Gasteiger partial charge in [0.05, 0.1) is 0 Å². The molecule has 94 valence electrons. The topological polar surface area (TPSA) is 0 Å². The van der Waals surface area contributed by atoms with Crippen LogP contribution < -0.4 is 0 Å². The number of hydrogen-bond acceptors (Lipinski definition) is 0. The van der Waals surface area contributed by atoms with Crippen molar-refractivity contribution in [1.29, 1.82) is 0 Å². The zero-order chi connectivity index (χ0) is 13.1. The van der Waals surface area contributed by atoms with Gasteiger partial charge in [-0.25, -0.2) is 0 Å². The van der Waals surface area contributed by atoms with E-state index in [2.05, 4.69) is 60.5 Å². The molecule has 0 N–H and O–H groups in total. The Morgan fingerprint density at radius 3 is 1.44 bits per heavy atom. The number of allylic oxidation sites excluding steroid dienone is 1. The first-order valence-corrected chi connectivity index (χ1v) is 17.0. The van der Waals surface area contributed by atoms with Gasteiger partial charge < -0.3 is 0 Å². The van der Waals surface area contributed by atoms with Crippen LogP contribution in [0, 0.1) is 5.92 Å². The third-order valence-corrected chi connectivity index (χ3v) is 6.51. The van der Waals surface area contributed by atoms with E-state index in [1.54, 1.807) is 5.47 Å². The van der Waals surface area contributed by atoms with Gasteiger partial charge in [0.1, 0.15) is 0 Å². The van der Waals surface area contributed by atoms with Crippen LogP contribution in [0.3, 0.4) is 0 Å². The monoisotopic (exact) mass is 330 g/mol. The Morgan fingerprint density at radius 2 is 1.25 bits per heavy atom. The molecule has 16 heavy (non-hydrogen) atoms. The van der Waals surface area contributed by atoms with Gasteiger partial charge >= 0.3 is 109 Å². The summed E-state index contributed by atoms with van der Waals surface area (Å²) in [6, 6.07) is 0. The van der Waals surface area contributed by atoms with Crippen molar-refractivity contribution in [1.82, 2.24) is 0 Å². The van der Waals surface area contributed by atoms with Gasteiger partial charge in [0.2, 0.25) is 0 Å². The first-order valence-electron chi connectivity index (χ1n) is 6.79. The molecule has 0 aromatic carbocycles. The molecular formula is C14H31BSn. The summed E-state index contributed by atoms with van der Waals surface area (Å²) in [5, 5.41) is 0. The van der Waals surface area contributed by atoms with Crippen LogP contribution in [0.15, 0.2) is 9.56 Å². The zero-order valence-electron chi connectivity index (χ0n) is 12.9.